The largest absolute Gasteiger partial charge is 0.371 e. The third kappa shape index (κ3) is 3.87. The number of benzene rings is 1. The van der Waals surface area contributed by atoms with E-state index in [9.17, 15) is 0 Å². The van der Waals surface area contributed by atoms with Gasteiger partial charge < -0.3 is 4.74 Å². The van der Waals surface area contributed by atoms with Crippen molar-refractivity contribution in [3.8, 4) is 0 Å². The van der Waals surface area contributed by atoms with Gasteiger partial charge in [-0.25, -0.2) is 0 Å². The molecule has 0 radical (unpaired) electrons. The molecule has 0 amide bonds. The predicted molar refractivity (Wildman–Crippen MR) is 80.4 cm³/mol. The second kappa shape index (κ2) is 5.59. The molecule has 1 nitrogen and oxygen atoms in total. The zero-order valence-corrected chi connectivity index (χ0v) is 12.9. The second-order valence-corrected chi connectivity index (χ2v) is 14.2. The molecule has 1 saturated heterocycles. The Morgan fingerprint density at radius 1 is 1.24 bits per heavy atom. The molecule has 17 heavy (non-hydrogen) atoms. The molecule has 1 aromatic carbocycles. The smallest absolute Gasteiger partial charge is 0.166 e. The Morgan fingerprint density at radius 2 is 1.94 bits per heavy atom. The van der Waals surface area contributed by atoms with Crippen molar-refractivity contribution in [3.05, 3.63) is 35.9 Å². The number of rotatable bonds is 3. The van der Waals surface area contributed by atoms with E-state index in [4.69, 9.17) is 4.74 Å². The highest BCUT2D eigenvalue weighted by Gasteiger charge is 2.38. The summed E-state index contributed by atoms with van der Waals surface area (Å²) in [4.78, 5) is 0. The van der Waals surface area contributed by atoms with Crippen molar-refractivity contribution in [2.24, 2.45) is 0 Å². The molecule has 0 aliphatic carbocycles. The summed E-state index contributed by atoms with van der Waals surface area (Å²) in [6.07, 6.45) is 0. The van der Waals surface area contributed by atoms with Crippen LogP contribution in [0, 0.1) is 0 Å². The van der Waals surface area contributed by atoms with Crippen molar-refractivity contribution in [1.29, 1.82) is 0 Å². The lowest BCUT2D eigenvalue weighted by molar-refractivity contribution is 0.142. The molecular weight excluding hydrogens is 244 g/mol. The summed E-state index contributed by atoms with van der Waals surface area (Å²) in [6, 6.07) is 10.9. The van der Waals surface area contributed by atoms with E-state index < -0.39 is 8.07 Å². The molecule has 0 spiro atoms. The van der Waals surface area contributed by atoms with E-state index in [2.05, 4.69) is 50.0 Å². The Balaban J connectivity index is 2.13. The second-order valence-electron chi connectivity index (χ2n) is 5.92. The zero-order chi connectivity index (χ0) is 12.3. The Bertz CT molecular complexity index is 347. The Morgan fingerprint density at radius 3 is 2.59 bits per heavy atom. The normalized spacial score (nSPS) is 25.8. The lowest BCUT2D eigenvalue weighted by Gasteiger charge is -2.27. The first-order chi connectivity index (χ1) is 8.06. The quantitative estimate of drug-likeness (QED) is 0.603. The van der Waals surface area contributed by atoms with Crippen molar-refractivity contribution < 1.29 is 4.74 Å². The fraction of sp³-hybridized carbons (Fsp3) is 0.571. The van der Waals surface area contributed by atoms with Crippen LogP contribution in [0.4, 0.5) is 0 Å². The summed E-state index contributed by atoms with van der Waals surface area (Å²) < 4.78 is 5.70. The maximum absolute atomic E-state index is 5.70. The molecule has 1 heterocycles. The minimum Gasteiger partial charge on any atom is -0.371 e. The molecule has 0 bridgehead atoms. The van der Waals surface area contributed by atoms with Crippen molar-refractivity contribution in [1.82, 2.24) is 0 Å². The minimum absolute atomic E-state index is 0.534. The maximum Gasteiger partial charge on any atom is 0.166 e. The van der Waals surface area contributed by atoms with Crippen LogP contribution in [0.1, 0.15) is 10.8 Å². The van der Waals surface area contributed by atoms with Crippen LogP contribution in [-0.2, 0) is 15.6 Å². The molecule has 94 valence electrons. The molecule has 1 aliphatic rings. The molecular formula is C14H23OSSi+. The van der Waals surface area contributed by atoms with Crippen molar-refractivity contribution in [2.75, 3.05) is 24.3 Å². The highest BCUT2D eigenvalue weighted by molar-refractivity contribution is 7.98. The highest BCUT2D eigenvalue weighted by atomic mass is 32.2. The fourth-order valence-corrected chi connectivity index (χ4v) is 9.56. The van der Waals surface area contributed by atoms with Crippen LogP contribution in [0.25, 0.3) is 0 Å². The summed E-state index contributed by atoms with van der Waals surface area (Å²) in [7, 11) is -0.429. The van der Waals surface area contributed by atoms with E-state index in [1.807, 2.05) is 0 Å². The fourth-order valence-electron chi connectivity index (χ4n) is 2.28. The maximum atomic E-state index is 5.70. The summed E-state index contributed by atoms with van der Waals surface area (Å²) in [5.74, 6) is 1.27. The van der Waals surface area contributed by atoms with Gasteiger partial charge in [-0.05, 0) is 10.9 Å². The van der Waals surface area contributed by atoms with E-state index in [0.29, 0.717) is 16.1 Å². The van der Waals surface area contributed by atoms with Crippen LogP contribution in [-0.4, -0.2) is 32.4 Å². The van der Waals surface area contributed by atoms with Gasteiger partial charge in [0.25, 0.3) is 0 Å². The summed E-state index contributed by atoms with van der Waals surface area (Å²) in [6.45, 7) is 9.35. The third-order valence-electron chi connectivity index (χ3n) is 2.95. The van der Waals surface area contributed by atoms with E-state index in [0.717, 1.165) is 13.2 Å². The van der Waals surface area contributed by atoms with Crippen LogP contribution in [0.3, 0.4) is 0 Å². The van der Waals surface area contributed by atoms with Gasteiger partial charge in [0.2, 0.25) is 0 Å². The lowest BCUT2D eigenvalue weighted by atomic mass is 10.1. The van der Waals surface area contributed by atoms with Gasteiger partial charge in [-0.15, -0.1) is 0 Å². The molecule has 1 aliphatic heterocycles. The van der Waals surface area contributed by atoms with Gasteiger partial charge in [-0.3, -0.25) is 0 Å². The predicted octanol–water partition coefficient (Wildman–Crippen LogP) is 3.25. The molecule has 2 rings (SSSR count). The standard InChI is InChI=1S/C14H23OSSi/c1-17(2,3)12-16-10-9-15-11-14(16)13-7-5-4-6-8-13/h4-8,14H,9-12H2,1-3H3/q+1/t14-,16?/m1/s1. The van der Waals surface area contributed by atoms with E-state index >= 15 is 0 Å². The van der Waals surface area contributed by atoms with Crippen LogP contribution >= 0.6 is 0 Å². The molecule has 0 saturated carbocycles. The number of ether oxygens (including phenoxy) is 1. The Labute approximate surface area is 109 Å². The zero-order valence-electron chi connectivity index (χ0n) is 11.1. The molecule has 1 fully saturated rings. The first-order valence-electron chi connectivity index (χ1n) is 6.35. The van der Waals surface area contributed by atoms with Gasteiger partial charge in [0.05, 0.1) is 18.6 Å². The minimum atomic E-state index is -0.963. The molecule has 1 unspecified atom stereocenters. The van der Waals surface area contributed by atoms with E-state index in [-0.39, 0.29) is 0 Å². The van der Waals surface area contributed by atoms with Crippen molar-refractivity contribution in [2.45, 2.75) is 24.9 Å². The Hall–Kier alpha value is -0.253. The first kappa shape index (κ1) is 13.2. The van der Waals surface area contributed by atoms with E-state index in [1.54, 1.807) is 0 Å². The molecule has 0 N–H and O–H groups in total. The van der Waals surface area contributed by atoms with Gasteiger partial charge in [0.15, 0.2) is 5.25 Å². The van der Waals surface area contributed by atoms with Gasteiger partial charge in [-0.1, -0.05) is 50.0 Å². The van der Waals surface area contributed by atoms with Crippen LogP contribution < -0.4 is 0 Å². The van der Waals surface area contributed by atoms with E-state index in [1.165, 1.54) is 16.7 Å². The van der Waals surface area contributed by atoms with Crippen molar-refractivity contribution in [3.63, 3.8) is 0 Å². The Kier molecular flexibility index (Phi) is 4.34. The molecule has 2 atom stereocenters. The van der Waals surface area contributed by atoms with Gasteiger partial charge in [0, 0.05) is 5.56 Å². The first-order valence-corrected chi connectivity index (χ1v) is 11.7. The topological polar surface area (TPSA) is 9.23 Å². The monoisotopic (exact) mass is 267 g/mol. The third-order valence-corrected chi connectivity index (χ3v) is 9.80. The molecule has 1 aromatic rings. The van der Waals surface area contributed by atoms with Gasteiger partial charge in [-0.2, -0.15) is 0 Å². The summed E-state index contributed by atoms with van der Waals surface area (Å²) in [5.41, 5.74) is 1.48. The molecule has 0 aromatic heterocycles. The summed E-state index contributed by atoms with van der Waals surface area (Å²) in [5, 5.41) is 2.10. The van der Waals surface area contributed by atoms with Gasteiger partial charge in [0.1, 0.15) is 13.8 Å². The highest BCUT2D eigenvalue weighted by Crippen LogP contribution is 2.30. The van der Waals surface area contributed by atoms with Crippen LogP contribution in [0.15, 0.2) is 30.3 Å². The van der Waals surface area contributed by atoms with Crippen molar-refractivity contribution >= 4 is 19.0 Å². The van der Waals surface area contributed by atoms with Gasteiger partial charge >= 0.3 is 0 Å². The average molecular weight is 267 g/mol. The average Bonchev–Trinajstić information content (AvgIpc) is 2.29. The number of hydrogen-bond acceptors (Lipinski definition) is 1. The SMILES string of the molecule is C[Si](C)(C)C[S+]1CCOC[C@@H]1c1ccccc1. The van der Waals surface area contributed by atoms with Crippen LogP contribution in [0.5, 0.6) is 0 Å². The lowest BCUT2D eigenvalue weighted by Crippen LogP contribution is -2.41. The molecule has 3 heteroatoms. The number of hydrogen-bond donors (Lipinski definition) is 0. The van der Waals surface area contributed by atoms with Crippen LogP contribution in [0.2, 0.25) is 19.6 Å². The summed E-state index contributed by atoms with van der Waals surface area (Å²) >= 11 is 0.